The van der Waals surface area contributed by atoms with Gasteiger partial charge in [-0.25, -0.2) is 19.2 Å². The van der Waals surface area contributed by atoms with Crippen molar-refractivity contribution < 1.29 is 28.9 Å². The number of nitrogens with one attached hydrogen (secondary N) is 1. The van der Waals surface area contributed by atoms with Crippen molar-refractivity contribution in [1.82, 2.24) is 15.3 Å². The number of hydrogen-bond acceptors (Lipinski definition) is 8. The van der Waals surface area contributed by atoms with E-state index in [1.807, 2.05) is 11.8 Å². The van der Waals surface area contributed by atoms with Gasteiger partial charge in [0.2, 0.25) is 0 Å². The Labute approximate surface area is 197 Å². The number of nitrogens with zero attached hydrogens (tertiary/aromatic N) is 3. The van der Waals surface area contributed by atoms with Gasteiger partial charge in [0, 0.05) is 36.3 Å². The molecule has 0 saturated heterocycles. The lowest BCUT2D eigenvalue weighted by Gasteiger charge is -2.28. The summed E-state index contributed by atoms with van der Waals surface area (Å²) < 4.78 is 25.2. The number of hydrogen-bond donors (Lipinski definition) is 3. The van der Waals surface area contributed by atoms with Crippen LogP contribution in [0.25, 0.3) is 0 Å². The lowest BCUT2D eigenvalue weighted by molar-refractivity contribution is -0.0122. The number of aliphatic hydroxyl groups excluding tert-OH is 2. The van der Waals surface area contributed by atoms with E-state index < -0.39 is 35.8 Å². The Bertz CT molecular complexity index is 1060. The highest BCUT2D eigenvalue weighted by Crippen LogP contribution is 2.36. The molecule has 184 valence electrons. The van der Waals surface area contributed by atoms with Crippen molar-refractivity contribution in [1.29, 1.82) is 0 Å². The lowest BCUT2D eigenvalue weighted by atomic mass is 10.1. The van der Waals surface area contributed by atoms with E-state index in [9.17, 15) is 19.4 Å². The Morgan fingerprint density at radius 3 is 2.76 bits per heavy atom. The number of aryl methyl sites for hydroxylation is 1. The Morgan fingerprint density at radius 1 is 1.26 bits per heavy atom. The molecule has 0 spiro atoms. The maximum Gasteiger partial charge on any atom is 0.407 e. The number of aromatic nitrogens is 2. The summed E-state index contributed by atoms with van der Waals surface area (Å²) in [6, 6.07) is 3.57. The number of alkyl carbamates (subject to hydrolysis) is 1. The number of fused-ring (bicyclic) bond motifs is 1. The molecule has 3 N–H and O–H groups in total. The van der Waals surface area contributed by atoms with E-state index in [0.717, 1.165) is 23.5 Å². The Kier molecular flexibility index (Phi) is 6.64. The minimum Gasteiger partial charge on any atom is -0.487 e. The molecule has 2 aromatic rings. The lowest BCUT2D eigenvalue weighted by Crippen LogP contribution is -2.43. The second kappa shape index (κ2) is 9.34. The minimum atomic E-state index is -1.14. The molecular weight excluding hydrogens is 443 g/mol. The molecular formula is C24H31FN4O5. The average molecular weight is 475 g/mol. The molecule has 4 atom stereocenters. The van der Waals surface area contributed by atoms with E-state index >= 15 is 0 Å². The summed E-state index contributed by atoms with van der Waals surface area (Å²) in [5.74, 6) is 0.602. The van der Waals surface area contributed by atoms with Crippen molar-refractivity contribution in [2.45, 2.75) is 77.0 Å². The van der Waals surface area contributed by atoms with Crippen molar-refractivity contribution in [3.63, 3.8) is 0 Å². The zero-order valence-corrected chi connectivity index (χ0v) is 19.8. The van der Waals surface area contributed by atoms with E-state index in [0.29, 0.717) is 24.3 Å². The summed E-state index contributed by atoms with van der Waals surface area (Å²) in [5.41, 5.74) is 1.68. The average Bonchev–Trinajstić information content (AvgIpc) is 3.30. The molecule has 0 radical (unpaired) electrons. The number of rotatable bonds is 5. The normalized spacial score (nSPS) is 24.1. The molecule has 2 heterocycles. The van der Waals surface area contributed by atoms with Crippen molar-refractivity contribution in [2.24, 2.45) is 0 Å². The predicted octanol–water partition coefficient (Wildman–Crippen LogP) is 2.25. The second-order valence-electron chi connectivity index (χ2n) is 9.75. The van der Waals surface area contributed by atoms with Crippen molar-refractivity contribution in [2.75, 3.05) is 11.4 Å². The number of ether oxygens (including phenoxy) is 2. The highest BCUT2D eigenvalue weighted by molar-refractivity contribution is 5.67. The number of amides is 1. The van der Waals surface area contributed by atoms with Crippen molar-refractivity contribution in [3.8, 4) is 5.75 Å². The maximum absolute atomic E-state index is 13.9. The van der Waals surface area contributed by atoms with Gasteiger partial charge in [0.1, 0.15) is 47.6 Å². The van der Waals surface area contributed by atoms with Crippen LogP contribution in [-0.2, 0) is 17.7 Å². The van der Waals surface area contributed by atoms with Crippen molar-refractivity contribution in [3.05, 3.63) is 47.2 Å². The van der Waals surface area contributed by atoms with E-state index in [1.54, 1.807) is 20.8 Å². The summed E-state index contributed by atoms with van der Waals surface area (Å²) in [6.45, 7) is 7.82. The fourth-order valence-corrected chi connectivity index (χ4v) is 4.53. The van der Waals surface area contributed by atoms with E-state index in [4.69, 9.17) is 9.47 Å². The molecule has 1 aliphatic carbocycles. The SMILES string of the molecule is Cc1ncnc2c1CCN2[C@H]1C[C@@H](Oc2ccc(F)cc2CNC(=O)OC(C)(C)C)[C@H](O)[C@@H]1O. The van der Waals surface area contributed by atoms with Crippen LogP contribution in [0, 0.1) is 12.7 Å². The molecule has 4 rings (SSSR count). The van der Waals surface area contributed by atoms with Crippen LogP contribution in [0.4, 0.5) is 15.0 Å². The number of anilines is 1. The van der Waals surface area contributed by atoms with Gasteiger partial charge in [-0.2, -0.15) is 0 Å². The van der Waals surface area contributed by atoms with Crippen LogP contribution >= 0.6 is 0 Å². The van der Waals surface area contributed by atoms with Gasteiger partial charge in [0.15, 0.2) is 0 Å². The molecule has 1 aromatic carbocycles. The zero-order valence-electron chi connectivity index (χ0n) is 19.8. The fraction of sp³-hybridized carbons (Fsp3) is 0.542. The van der Waals surface area contributed by atoms with Crippen molar-refractivity contribution >= 4 is 11.9 Å². The Hall–Kier alpha value is -2.98. The smallest absolute Gasteiger partial charge is 0.407 e. The highest BCUT2D eigenvalue weighted by atomic mass is 19.1. The summed E-state index contributed by atoms with van der Waals surface area (Å²) in [6.07, 6.45) is -0.932. The van der Waals surface area contributed by atoms with Crippen LogP contribution in [0.2, 0.25) is 0 Å². The molecule has 0 unspecified atom stereocenters. The first kappa shape index (κ1) is 24.2. The summed E-state index contributed by atoms with van der Waals surface area (Å²) in [4.78, 5) is 22.7. The highest BCUT2D eigenvalue weighted by Gasteiger charge is 2.47. The van der Waals surface area contributed by atoms with Crippen LogP contribution in [0.3, 0.4) is 0 Å². The monoisotopic (exact) mass is 474 g/mol. The van der Waals surface area contributed by atoms with Crippen LogP contribution < -0.4 is 15.0 Å². The molecule has 1 aliphatic heterocycles. The van der Waals surface area contributed by atoms with E-state index in [1.165, 1.54) is 24.5 Å². The number of aliphatic hydroxyl groups is 2. The third-order valence-corrected chi connectivity index (χ3v) is 6.13. The first-order valence-corrected chi connectivity index (χ1v) is 11.4. The maximum atomic E-state index is 13.9. The number of carbonyl (C=O) groups is 1. The molecule has 1 fully saturated rings. The van der Waals surface area contributed by atoms with Gasteiger partial charge in [-0.15, -0.1) is 0 Å². The molecule has 10 heteroatoms. The van der Waals surface area contributed by atoms with Crippen LogP contribution in [0.1, 0.15) is 44.0 Å². The van der Waals surface area contributed by atoms with Gasteiger partial charge < -0.3 is 29.9 Å². The standard InChI is InChI=1S/C24H31FN4O5/c1-13-16-7-8-29(22(16)28-12-27-13)17-10-19(21(31)20(17)30)33-18-6-5-15(25)9-14(18)11-26-23(32)34-24(2,3)4/h5-6,9,12,17,19-21,30-31H,7-8,10-11H2,1-4H3,(H,26,32)/t17-,19+,20+,21-/m0/s1. The summed E-state index contributed by atoms with van der Waals surface area (Å²) >= 11 is 0. The predicted molar refractivity (Wildman–Crippen MR) is 122 cm³/mol. The molecule has 34 heavy (non-hydrogen) atoms. The minimum absolute atomic E-state index is 0.0213. The summed E-state index contributed by atoms with van der Waals surface area (Å²) in [7, 11) is 0. The third-order valence-electron chi connectivity index (χ3n) is 6.13. The quantitative estimate of drug-likeness (QED) is 0.604. The summed E-state index contributed by atoms with van der Waals surface area (Å²) in [5, 5.41) is 24.2. The number of carbonyl (C=O) groups excluding carboxylic acids is 1. The Balaban J connectivity index is 1.47. The molecule has 2 aliphatic rings. The molecule has 1 saturated carbocycles. The van der Waals surface area contributed by atoms with Crippen LogP contribution in [-0.4, -0.2) is 62.8 Å². The molecule has 0 bridgehead atoms. The first-order valence-electron chi connectivity index (χ1n) is 11.4. The van der Waals surface area contributed by atoms with Gasteiger partial charge in [-0.3, -0.25) is 0 Å². The van der Waals surface area contributed by atoms with Gasteiger partial charge in [0.05, 0.1) is 6.04 Å². The largest absolute Gasteiger partial charge is 0.487 e. The van der Waals surface area contributed by atoms with Gasteiger partial charge in [0.25, 0.3) is 0 Å². The second-order valence-corrected chi connectivity index (χ2v) is 9.75. The topological polar surface area (TPSA) is 117 Å². The number of halogens is 1. The number of benzene rings is 1. The van der Waals surface area contributed by atoms with Gasteiger partial charge in [-0.1, -0.05) is 0 Å². The molecule has 1 aromatic heterocycles. The fourth-order valence-electron chi connectivity index (χ4n) is 4.53. The molecule has 9 nitrogen and oxygen atoms in total. The van der Waals surface area contributed by atoms with Crippen LogP contribution in [0.5, 0.6) is 5.75 Å². The van der Waals surface area contributed by atoms with E-state index in [2.05, 4.69) is 15.3 Å². The van der Waals surface area contributed by atoms with Gasteiger partial charge in [-0.05, 0) is 52.3 Å². The Morgan fingerprint density at radius 2 is 2.03 bits per heavy atom. The molecule has 1 amide bonds. The van der Waals surface area contributed by atoms with Crippen LogP contribution in [0.15, 0.2) is 24.5 Å². The first-order chi connectivity index (χ1) is 16.0. The zero-order chi connectivity index (χ0) is 24.6. The third kappa shape index (κ3) is 5.07. The van der Waals surface area contributed by atoms with E-state index in [-0.39, 0.29) is 12.6 Å². The van der Waals surface area contributed by atoms with Gasteiger partial charge >= 0.3 is 6.09 Å².